The quantitative estimate of drug-likeness (QED) is 0.747. The third-order valence-corrected chi connectivity index (χ3v) is 3.83. The van der Waals surface area contributed by atoms with Gasteiger partial charge in [-0.3, -0.25) is 4.79 Å². The van der Waals surface area contributed by atoms with E-state index >= 15 is 0 Å². The topological polar surface area (TPSA) is 59.8 Å². The summed E-state index contributed by atoms with van der Waals surface area (Å²) in [5, 5.41) is 5.41. The SMILES string of the molecule is Cc1nc(/C=C\C(=O)Nc2ccc(-n3ccnc3)c(F)c2)cs1. The fraction of sp³-hybridized carbons (Fsp3) is 0.0625. The lowest BCUT2D eigenvalue weighted by Crippen LogP contribution is -2.08. The third kappa shape index (κ3) is 3.70. The Kier molecular flexibility index (Phi) is 4.29. The second kappa shape index (κ2) is 6.53. The Morgan fingerprint density at radius 1 is 1.43 bits per heavy atom. The average Bonchev–Trinajstić information content (AvgIpc) is 3.17. The van der Waals surface area contributed by atoms with Crippen molar-refractivity contribution in [1.82, 2.24) is 14.5 Å². The molecule has 0 saturated heterocycles. The lowest BCUT2D eigenvalue weighted by atomic mass is 10.2. The van der Waals surface area contributed by atoms with Gasteiger partial charge in [0.1, 0.15) is 5.82 Å². The highest BCUT2D eigenvalue weighted by atomic mass is 32.1. The molecule has 1 aromatic carbocycles. The van der Waals surface area contributed by atoms with Gasteiger partial charge in [-0.1, -0.05) is 0 Å². The molecule has 0 spiro atoms. The van der Waals surface area contributed by atoms with Gasteiger partial charge in [0.2, 0.25) is 5.91 Å². The standard InChI is InChI=1S/C16H13FN4OS/c1-11-19-13(9-23-11)3-5-16(22)20-12-2-4-15(14(17)8-12)21-7-6-18-10-21/h2-10H,1H3,(H,20,22)/b5-3-. The van der Waals surface area contributed by atoms with E-state index in [0.717, 1.165) is 10.7 Å². The number of carbonyl (C=O) groups is 1. The van der Waals surface area contributed by atoms with Crippen molar-refractivity contribution in [2.75, 3.05) is 5.32 Å². The normalized spacial score (nSPS) is 11.0. The minimum Gasteiger partial charge on any atom is -0.322 e. The number of aryl methyl sites for hydroxylation is 1. The van der Waals surface area contributed by atoms with Gasteiger partial charge in [-0.15, -0.1) is 11.3 Å². The predicted molar refractivity (Wildman–Crippen MR) is 88.0 cm³/mol. The van der Waals surface area contributed by atoms with Crippen LogP contribution >= 0.6 is 11.3 Å². The van der Waals surface area contributed by atoms with Crippen molar-refractivity contribution in [1.29, 1.82) is 0 Å². The van der Waals surface area contributed by atoms with Crippen molar-refractivity contribution in [2.45, 2.75) is 6.92 Å². The maximum Gasteiger partial charge on any atom is 0.248 e. The van der Waals surface area contributed by atoms with Crippen molar-refractivity contribution >= 4 is 29.0 Å². The molecule has 3 rings (SSSR count). The Balaban J connectivity index is 1.69. The van der Waals surface area contributed by atoms with Crippen LogP contribution in [0.3, 0.4) is 0 Å². The van der Waals surface area contributed by atoms with E-state index in [4.69, 9.17) is 0 Å². The lowest BCUT2D eigenvalue weighted by Gasteiger charge is -2.07. The number of carbonyl (C=O) groups excluding carboxylic acids is 1. The number of rotatable bonds is 4. The molecule has 7 heteroatoms. The predicted octanol–water partition coefficient (Wildman–Crippen LogP) is 3.43. The monoisotopic (exact) mass is 328 g/mol. The summed E-state index contributed by atoms with van der Waals surface area (Å²) in [4.78, 5) is 20.0. The molecule has 0 fully saturated rings. The number of benzene rings is 1. The number of anilines is 1. The first-order valence-corrected chi connectivity index (χ1v) is 7.69. The second-order valence-electron chi connectivity index (χ2n) is 4.75. The molecule has 116 valence electrons. The van der Waals surface area contributed by atoms with Crippen LogP contribution in [0.4, 0.5) is 10.1 Å². The number of aromatic nitrogens is 3. The highest BCUT2D eigenvalue weighted by Crippen LogP contribution is 2.18. The van der Waals surface area contributed by atoms with E-state index in [1.165, 1.54) is 29.8 Å². The number of nitrogens with one attached hydrogen (secondary N) is 1. The zero-order chi connectivity index (χ0) is 16.2. The van der Waals surface area contributed by atoms with Crippen LogP contribution in [-0.2, 0) is 4.79 Å². The van der Waals surface area contributed by atoms with Crippen LogP contribution < -0.4 is 5.32 Å². The second-order valence-corrected chi connectivity index (χ2v) is 5.81. The molecule has 0 aliphatic carbocycles. The maximum absolute atomic E-state index is 14.1. The van der Waals surface area contributed by atoms with Crippen LogP contribution in [0.1, 0.15) is 10.7 Å². The molecule has 23 heavy (non-hydrogen) atoms. The Morgan fingerprint density at radius 3 is 2.96 bits per heavy atom. The Bertz CT molecular complexity index is 855. The minimum atomic E-state index is -0.445. The molecule has 0 saturated carbocycles. The maximum atomic E-state index is 14.1. The van der Waals surface area contributed by atoms with Crippen LogP contribution in [0.15, 0.2) is 48.4 Å². The van der Waals surface area contributed by atoms with Crippen LogP contribution in [0.25, 0.3) is 11.8 Å². The van der Waals surface area contributed by atoms with Gasteiger partial charge in [-0.25, -0.2) is 14.4 Å². The largest absolute Gasteiger partial charge is 0.322 e. The van der Waals surface area contributed by atoms with Crippen LogP contribution in [0, 0.1) is 12.7 Å². The number of amides is 1. The Morgan fingerprint density at radius 2 is 2.30 bits per heavy atom. The molecule has 0 aliphatic rings. The molecule has 0 bridgehead atoms. The summed E-state index contributed by atoms with van der Waals surface area (Å²) in [6, 6.07) is 4.49. The molecule has 1 N–H and O–H groups in total. The number of imidazole rings is 1. The first-order chi connectivity index (χ1) is 11.1. The lowest BCUT2D eigenvalue weighted by molar-refractivity contribution is -0.111. The molecule has 2 aromatic heterocycles. The molecular formula is C16H13FN4OS. The molecule has 0 unspecified atom stereocenters. The van der Waals surface area contributed by atoms with Crippen LogP contribution in [0.5, 0.6) is 0 Å². The van der Waals surface area contributed by atoms with Crippen LogP contribution in [-0.4, -0.2) is 20.4 Å². The third-order valence-electron chi connectivity index (χ3n) is 3.04. The number of hydrogen-bond donors (Lipinski definition) is 1. The summed E-state index contributed by atoms with van der Waals surface area (Å²) in [7, 11) is 0. The summed E-state index contributed by atoms with van der Waals surface area (Å²) >= 11 is 1.51. The number of hydrogen-bond acceptors (Lipinski definition) is 4. The highest BCUT2D eigenvalue weighted by Gasteiger charge is 2.06. The van der Waals surface area contributed by atoms with Gasteiger partial charge in [0.05, 0.1) is 22.7 Å². The summed E-state index contributed by atoms with van der Waals surface area (Å²) in [6.45, 7) is 1.90. The van der Waals surface area contributed by atoms with E-state index in [2.05, 4.69) is 15.3 Å². The molecule has 1 amide bonds. The van der Waals surface area contributed by atoms with E-state index in [1.54, 1.807) is 35.2 Å². The summed E-state index contributed by atoms with van der Waals surface area (Å²) < 4.78 is 15.7. The molecule has 0 atom stereocenters. The highest BCUT2D eigenvalue weighted by molar-refractivity contribution is 7.09. The van der Waals surface area contributed by atoms with E-state index < -0.39 is 5.82 Å². The minimum absolute atomic E-state index is 0.342. The van der Waals surface area contributed by atoms with Crippen molar-refractivity contribution < 1.29 is 9.18 Å². The average molecular weight is 328 g/mol. The van der Waals surface area contributed by atoms with Crippen molar-refractivity contribution in [3.8, 4) is 5.69 Å². The van der Waals surface area contributed by atoms with Gasteiger partial charge in [0.15, 0.2) is 0 Å². The van der Waals surface area contributed by atoms with E-state index in [-0.39, 0.29) is 5.91 Å². The van der Waals surface area contributed by atoms with Gasteiger partial charge in [0, 0.05) is 29.5 Å². The number of halogens is 1. The first kappa shape index (κ1) is 15.1. The van der Waals surface area contributed by atoms with Gasteiger partial charge in [0.25, 0.3) is 0 Å². The van der Waals surface area contributed by atoms with Crippen molar-refractivity contribution in [3.05, 3.63) is 64.9 Å². The summed E-state index contributed by atoms with van der Waals surface area (Å²) in [6.07, 6.45) is 7.72. The van der Waals surface area contributed by atoms with Gasteiger partial charge in [-0.2, -0.15) is 0 Å². The molecule has 2 heterocycles. The van der Waals surface area contributed by atoms with E-state index in [1.807, 2.05) is 12.3 Å². The van der Waals surface area contributed by atoms with Gasteiger partial charge >= 0.3 is 0 Å². The number of thiazole rings is 1. The molecule has 5 nitrogen and oxygen atoms in total. The summed E-state index contributed by atoms with van der Waals surface area (Å²) in [5.74, 6) is -0.787. The van der Waals surface area contributed by atoms with Crippen molar-refractivity contribution in [2.24, 2.45) is 0 Å². The fourth-order valence-electron chi connectivity index (χ4n) is 2.00. The first-order valence-electron chi connectivity index (χ1n) is 6.81. The number of nitrogens with zero attached hydrogens (tertiary/aromatic N) is 3. The zero-order valence-corrected chi connectivity index (χ0v) is 13.0. The van der Waals surface area contributed by atoms with Gasteiger partial charge in [-0.05, 0) is 31.2 Å². The molecule has 3 aromatic rings. The van der Waals surface area contributed by atoms with Crippen molar-refractivity contribution in [3.63, 3.8) is 0 Å². The van der Waals surface area contributed by atoms with E-state index in [9.17, 15) is 9.18 Å². The van der Waals surface area contributed by atoms with Gasteiger partial charge < -0.3 is 9.88 Å². The molecule has 0 aliphatic heterocycles. The Labute approximate surface area is 136 Å². The summed E-state index contributed by atoms with van der Waals surface area (Å²) in [5.41, 5.74) is 1.48. The molecular weight excluding hydrogens is 315 g/mol. The fourth-order valence-corrected chi connectivity index (χ4v) is 2.58. The molecule has 0 radical (unpaired) electrons. The Hall–Kier alpha value is -2.80. The van der Waals surface area contributed by atoms with E-state index in [0.29, 0.717) is 11.4 Å². The van der Waals surface area contributed by atoms with Crippen LogP contribution in [0.2, 0.25) is 0 Å². The zero-order valence-electron chi connectivity index (χ0n) is 12.2. The smallest absolute Gasteiger partial charge is 0.248 e.